The number of amides is 1. The number of hydrogen-bond acceptors (Lipinski definition) is 4. The Morgan fingerprint density at radius 1 is 1.22 bits per heavy atom. The number of rotatable bonds is 7. The van der Waals surface area contributed by atoms with Crippen LogP contribution in [0.3, 0.4) is 0 Å². The Hall–Kier alpha value is -1.72. The van der Waals surface area contributed by atoms with Crippen molar-refractivity contribution >= 4 is 11.7 Å². The lowest BCUT2D eigenvalue weighted by atomic mass is 9.79. The second-order valence-electron chi connectivity index (χ2n) is 6.39. The number of piperidine rings is 1. The molecule has 1 aliphatic heterocycles. The van der Waals surface area contributed by atoms with Gasteiger partial charge in [-0.05, 0) is 38.4 Å². The highest BCUT2D eigenvalue weighted by Gasteiger charge is 2.32. The topological polar surface area (TPSA) is 67.4 Å². The molecule has 1 heterocycles. The standard InChI is InChI=1S/C18H26N2O3/c1-14(21)16-5-3-15(4-6-16)11-17(22)20-12-18(13-23-2)7-9-19-10-8-18/h3-6,19H,7-13H2,1-2H3,(H,20,22). The first-order valence-electron chi connectivity index (χ1n) is 8.11. The van der Waals surface area contributed by atoms with Crippen molar-refractivity contribution in [2.24, 2.45) is 5.41 Å². The predicted molar refractivity (Wildman–Crippen MR) is 89.6 cm³/mol. The number of benzene rings is 1. The van der Waals surface area contributed by atoms with Gasteiger partial charge in [-0.25, -0.2) is 0 Å². The lowest BCUT2D eigenvalue weighted by Crippen LogP contribution is -2.47. The molecule has 126 valence electrons. The molecule has 1 fully saturated rings. The van der Waals surface area contributed by atoms with E-state index in [4.69, 9.17) is 4.74 Å². The van der Waals surface area contributed by atoms with Crippen LogP contribution in [0.4, 0.5) is 0 Å². The molecule has 2 rings (SSSR count). The van der Waals surface area contributed by atoms with Crippen LogP contribution in [-0.2, 0) is 16.0 Å². The van der Waals surface area contributed by atoms with Crippen LogP contribution < -0.4 is 10.6 Å². The molecule has 2 N–H and O–H groups in total. The van der Waals surface area contributed by atoms with Crippen molar-refractivity contribution in [2.75, 3.05) is 33.4 Å². The molecule has 0 aliphatic carbocycles. The molecule has 1 aromatic carbocycles. The third-order valence-electron chi connectivity index (χ3n) is 4.50. The summed E-state index contributed by atoms with van der Waals surface area (Å²) < 4.78 is 5.36. The lowest BCUT2D eigenvalue weighted by molar-refractivity contribution is -0.121. The zero-order valence-electron chi connectivity index (χ0n) is 14.0. The molecule has 0 atom stereocenters. The molecular weight excluding hydrogens is 292 g/mol. The van der Waals surface area contributed by atoms with E-state index in [1.54, 1.807) is 19.2 Å². The molecule has 5 heteroatoms. The van der Waals surface area contributed by atoms with Gasteiger partial charge in [-0.2, -0.15) is 0 Å². The minimum atomic E-state index is 0.00888. The number of Topliss-reactive ketones (excluding diaryl/α,β-unsaturated/α-hetero) is 1. The molecule has 0 radical (unpaired) electrons. The highest BCUT2D eigenvalue weighted by molar-refractivity contribution is 5.94. The molecule has 0 aromatic heterocycles. The van der Waals surface area contributed by atoms with Crippen LogP contribution in [0, 0.1) is 5.41 Å². The average Bonchev–Trinajstić information content (AvgIpc) is 2.55. The normalized spacial score (nSPS) is 16.8. The zero-order valence-corrected chi connectivity index (χ0v) is 14.0. The van der Waals surface area contributed by atoms with E-state index in [2.05, 4.69) is 10.6 Å². The second kappa shape index (κ2) is 8.22. The summed E-state index contributed by atoms with van der Waals surface area (Å²) >= 11 is 0. The molecule has 0 unspecified atom stereocenters. The van der Waals surface area contributed by atoms with Crippen LogP contribution in [0.5, 0.6) is 0 Å². The molecule has 0 spiro atoms. The average molecular weight is 318 g/mol. The van der Waals surface area contributed by atoms with Gasteiger partial charge in [-0.3, -0.25) is 9.59 Å². The van der Waals surface area contributed by atoms with Crippen LogP contribution in [0.1, 0.15) is 35.7 Å². The predicted octanol–water partition coefficient (Wildman–Crippen LogP) is 1.56. The zero-order chi connectivity index (χ0) is 16.7. The summed E-state index contributed by atoms with van der Waals surface area (Å²) in [6, 6.07) is 7.21. The molecule has 1 aromatic rings. The maximum atomic E-state index is 12.2. The van der Waals surface area contributed by atoms with Crippen molar-refractivity contribution in [1.29, 1.82) is 0 Å². The largest absolute Gasteiger partial charge is 0.384 e. The van der Waals surface area contributed by atoms with E-state index in [1.165, 1.54) is 6.92 Å². The van der Waals surface area contributed by atoms with Crippen LogP contribution in [-0.4, -0.2) is 45.0 Å². The molecule has 1 saturated heterocycles. The summed E-state index contributed by atoms with van der Waals surface area (Å²) in [5.74, 6) is 0.0444. The van der Waals surface area contributed by atoms with E-state index < -0.39 is 0 Å². The Balaban J connectivity index is 1.87. The van der Waals surface area contributed by atoms with Crippen molar-refractivity contribution in [2.45, 2.75) is 26.2 Å². The Kier molecular flexibility index (Phi) is 6.30. The quantitative estimate of drug-likeness (QED) is 0.749. The number of hydrogen-bond donors (Lipinski definition) is 2. The van der Waals surface area contributed by atoms with Gasteiger partial charge < -0.3 is 15.4 Å². The first-order valence-corrected chi connectivity index (χ1v) is 8.11. The van der Waals surface area contributed by atoms with E-state index in [1.807, 2.05) is 12.1 Å². The Morgan fingerprint density at radius 2 is 1.87 bits per heavy atom. The van der Waals surface area contributed by atoms with Crippen LogP contribution >= 0.6 is 0 Å². The summed E-state index contributed by atoms with van der Waals surface area (Å²) in [7, 11) is 1.71. The van der Waals surface area contributed by atoms with Gasteiger partial charge in [0.2, 0.25) is 5.91 Å². The fourth-order valence-electron chi connectivity index (χ4n) is 3.03. The van der Waals surface area contributed by atoms with Gasteiger partial charge in [0.05, 0.1) is 13.0 Å². The summed E-state index contributed by atoms with van der Waals surface area (Å²) in [4.78, 5) is 23.4. The van der Waals surface area contributed by atoms with Crippen molar-refractivity contribution in [3.8, 4) is 0 Å². The first-order chi connectivity index (χ1) is 11.0. The summed E-state index contributed by atoms with van der Waals surface area (Å²) in [6.45, 7) is 4.78. The van der Waals surface area contributed by atoms with E-state index in [-0.39, 0.29) is 17.1 Å². The van der Waals surface area contributed by atoms with E-state index in [9.17, 15) is 9.59 Å². The minimum absolute atomic E-state index is 0.00888. The number of carbonyl (C=O) groups is 2. The van der Waals surface area contributed by atoms with Crippen molar-refractivity contribution < 1.29 is 14.3 Å². The number of ketones is 1. The summed E-state index contributed by atoms with van der Waals surface area (Å²) in [5, 5.41) is 6.39. The molecule has 0 bridgehead atoms. The van der Waals surface area contributed by atoms with Crippen LogP contribution in [0.15, 0.2) is 24.3 Å². The van der Waals surface area contributed by atoms with Gasteiger partial charge >= 0.3 is 0 Å². The molecule has 23 heavy (non-hydrogen) atoms. The number of nitrogens with one attached hydrogen (secondary N) is 2. The highest BCUT2D eigenvalue weighted by atomic mass is 16.5. The van der Waals surface area contributed by atoms with Gasteiger partial charge in [0, 0.05) is 24.6 Å². The van der Waals surface area contributed by atoms with Crippen molar-refractivity contribution in [1.82, 2.24) is 10.6 Å². The minimum Gasteiger partial charge on any atom is -0.384 e. The third-order valence-corrected chi connectivity index (χ3v) is 4.50. The van der Waals surface area contributed by atoms with Crippen molar-refractivity contribution in [3.63, 3.8) is 0 Å². The maximum Gasteiger partial charge on any atom is 0.224 e. The molecule has 1 aliphatic rings. The first kappa shape index (κ1) is 17.6. The fraction of sp³-hybridized carbons (Fsp3) is 0.556. The Bertz CT molecular complexity index is 528. The Labute approximate surface area is 137 Å². The monoisotopic (exact) mass is 318 g/mol. The van der Waals surface area contributed by atoms with Gasteiger partial charge in [0.1, 0.15) is 0 Å². The Morgan fingerprint density at radius 3 is 2.43 bits per heavy atom. The number of carbonyl (C=O) groups excluding carboxylic acids is 2. The molecule has 0 saturated carbocycles. The van der Waals surface area contributed by atoms with E-state index in [0.717, 1.165) is 31.5 Å². The molecule has 1 amide bonds. The van der Waals surface area contributed by atoms with Gasteiger partial charge in [-0.1, -0.05) is 24.3 Å². The van der Waals surface area contributed by atoms with Crippen molar-refractivity contribution in [3.05, 3.63) is 35.4 Å². The van der Waals surface area contributed by atoms with Gasteiger partial charge in [-0.15, -0.1) is 0 Å². The lowest BCUT2D eigenvalue weighted by Gasteiger charge is -2.37. The van der Waals surface area contributed by atoms with Crippen LogP contribution in [0.25, 0.3) is 0 Å². The number of methoxy groups -OCH3 is 1. The summed E-state index contributed by atoms with van der Waals surface area (Å²) in [6.07, 6.45) is 2.35. The van der Waals surface area contributed by atoms with E-state index in [0.29, 0.717) is 25.1 Å². The smallest absolute Gasteiger partial charge is 0.224 e. The summed E-state index contributed by atoms with van der Waals surface area (Å²) in [5.41, 5.74) is 1.62. The third kappa shape index (κ3) is 5.15. The maximum absolute atomic E-state index is 12.2. The SMILES string of the molecule is COCC1(CNC(=O)Cc2ccc(C(C)=O)cc2)CCNCC1. The number of ether oxygens (including phenoxy) is 1. The van der Waals surface area contributed by atoms with Gasteiger partial charge in [0.25, 0.3) is 0 Å². The van der Waals surface area contributed by atoms with E-state index >= 15 is 0 Å². The molecular formula is C18H26N2O3. The van der Waals surface area contributed by atoms with Gasteiger partial charge in [0.15, 0.2) is 5.78 Å². The highest BCUT2D eigenvalue weighted by Crippen LogP contribution is 2.28. The van der Waals surface area contributed by atoms with Crippen LogP contribution in [0.2, 0.25) is 0 Å². The molecule has 5 nitrogen and oxygen atoms in total. The second-order valence-corrected chi connectivity index (χ2v) is 6.39. The fourth-order valence-corrected chi connectivity index (χ4v) is 3.03.